The zero-order valence-electron chi connectivity index (χ0n) is 13.4. The maximum Gasteiger partial charge on any atom is 0.241 e. The molecule has 1 atom stereocenters. The maximum atomic E-state index is 12.4. The predicted molar refractivity (Wildman–Crippen MR) is 90.0 cm³/mol. The van der Waals surface area contributed by atoms with E-state index in [0.29, 0.717) is 11.3 Å². The van der Waals surface area contributed by atoms with Crippen LogP contribution in [0.25, 0.3) is 0 Å². The van der Waals surface area contributed by atoms with Gasteiger partial charge >= 0.3 is 0 Å². The monoisotopic (exact) mass is 361 g/mol. The van der Waals surface area contributed by atoms with Crippen LogP contribution >= 0.6 is 0 Å². The van der Waals surface area contributed by atoms with Gasteiger partial charge in [-0.2, -0.15) is 0 Å². The number of amides is 1. The number of rotatable bonds is 7. The van der Waals surface area contributed by atoms with Crippen LogP contribution in [0.1, 0.15) is 12.5 Å². The molecule has 0 aliphatic carbocycles. The molecule has 0 heterocycles. The lowest BCUT2D eigenvalue weighted by Gasteiger charge is -2.20. The van der Waals surface area contributed by atoms with E-state index < -0.39 is 22.0 Å². The number of nitrogens with one attached hydrogen (secondary N) is 2. The largest absolute Gasteiger partial charge is 0.548 e. The predicted octanol–water partition coefficient (Wildman–Crippen LogP) is 0.284. The molecule has 0 saturated carbocycles. The Morgan fingerprint density at radius 2 is 1.64 bits per heavy atom. The van der Waals surface area contributed by atoms with Gasteiger partial charge < -0.3 is 15.2 Å². The molecule has 8 heteroatoms. The molecule has 0 bridgehead atoms. The van der Waals surface area contributed by atoms with Gasteiger partial charge in [-0.25, -0.2) is 13.1 Å². The van der Waals surface area contributed by atoms with Gasteiger partial charge in [0, 0.05) is 12.6 Å². The lowest BCUT2D eigenvalue weighted by molar-refractivity contribution is -0.307. The van der Waals surface area contributed by atoms with Gasteiger partial charge in [0.15, 0.2) is 0 Å². The number of hydrogen-bond acceptors (Lipinski definition) is 5. The van der Waals surface area contributed by atoms with E-state index in [0.717, 1.165) is 0 Å². The van der Waals surface area contributed by atoms with Crippen molar-refractivity contribution < 1.29 is 23.1 Å². The standard InChI is InChI=1S/C17H18N2O5S/c1-12(20)18-14-7-9-15(10-8-14)25(23,24)19-16(17(21)22)11-13-5-3-2-4-6-13/h2-10,16,19H,11H2,1H3,(H,18,20)(H,21,22)/p-1. The maximum absolute atomic E-state index is 12.4. The van der Waals surface area contributed by atoms with Crippen molar-refractivity contribution in [2.24, 2.45) is 0 Å². The summed E-state index contributed by atoms with van der Waals surface area (Å²) in [6, 6.07) is 12.6. The van der Waals surface area contributed by atoms with E-state index in [4.69, 9.17) is 0 Å². The fourth-order valence-electron chi connectivity index (χ4n) is 2.20. The van der Waals surface area contributed by atoms with Crippen LogP contribution in [0.2, 0.25) is 0 Å². The Kier molecular flexibility index (Phi) is 5.89. The van der Waals surface area contributed by atoms with Crippen LogP contribution in [-0.2, 0) is 26.0 Å². The summed E-state index contributed by atoms with van der Waals surface area (Å²) < 4.78 is 26.9. The van der Waals surface area contributed by atoms with Gasteiger partial charge in [-0.05, 0) is 36.2 Å². The minimum atomic E-state index is -4.05. The van der Waals surface area contributed by atoms with Crippen molar-refractivity contribution in [2.75, 3.05) is 5.32 Å². The molecular weight excluding hydrogens is 344 g/mol. The Labute approximate surface area is 145 Å². The summed E-state index contributed by atoms with van der Waals surface area (Å²) in [6.45, 7) is 1.33. The van der Waals surface area contributed by atoms with Crippen LogP contribution in [0.3, 0.4) is 0 Å². The number of carbonyl (C=O) groups excluding carboxylic acids is 2. The summed E-state index contributed by atoms with van der Waals surface area (Å²) in [5.41, 5.74) is 1.10. The van der Waals surface area contributed by atoms with E-state index in [2.05, 4.69) is 10.0 Å². The minimum absolute atomic E-state index is 0.0353. The molecule has 0 fully saturated rings. The zero-order chi connectivity index (χ0) is 18.4. The molecule has 0 saturated heterocycles. The Morgan fingerprint density at radius 3 is 2.16 bits per heavy atom. The highest BCUT2D eigenvalue weighted by Crippen LogP contribution is 2.15. The van der Waals surface area contributed by atoms with Crippen LogP contribution in [-0.4, -0.2) is 26.3 Å². The number of aliphatic carboxylic acids is 1. The van der Waals surface area contributed by atoms with E-state index in [1.54, 1.807) is 30.3 Å². The van der Waals surface area contributed by atoms with Gasteiger partial charge in [0.2, 0.25) is 15.9 Å². The first-order chi connectivity index (χ1) is 11.8. The molecule has 25 heavy (non-hydrogen) atoms. The van der Waals surface area contributed by atoms with Crippen LogP contribution in [0.5, 0.6) is 0 Å². The average Bonchev–Trinajstić information content (AvgIpc) is 2.55. The van der Waals surface area contributed by atoms with Crippen LogP contribution in [0.4, 0.5) is 5.69 Å². The first-order valence-corrected chi connectivity index (χ1v) is 8.91. The Morgan fingerprint density at radius 1 is 1.04 bits per heavy atom. The van der Waals surface area contributed by atoms with E-state index in [1.165, 1.54) is 31.2 Å². The van der Waals surface area contributed by atoms with Gasteiger partial charge in [-0.15, -0.1) is 0 Å². The minimum Gasteiger partial charge on any atom is -0.548 e. The molecule has 2 N–H and O–H groups in total. The van der Waals surface area contributed by atoms with Gasteiger partial charge in [-0.1, -0.05) is 30.3 Å². The van der Waals surface area contributed by atoms with E-state index in [9.17, 15) is 23.1 Å². The second-order valence-electron chi connectivity index (χ2n) is 5.39. The van der Waals surface area contributed by atoms with Gasteiger partial charge in [0.05, 0.1) is 16.9 Å². The fraction of sp³-hybridized carbons (Fsp3) is 0.176. The van der Waals surface area contributed by atoms with Crippen molar-refractivity contribution in [2.45, 2.75) is 24.3 Å². The highest BCUT2D eigenvalue weighted by molar-refractivity contribution is 7.89. The van der Waals surface area contributed by atoms with Crippen molar-refractivity contribution in [1.82, 2.24) is 4.72 Å². The van der Waals surface area contributed by atoms with Crippen molar-refractivity contribution in [3.8, 4) is 0 Å². The van der Waals surface area contributed by atoms with Crippen molar-refractivity contribution in [3.05, 3.63) is 60.2 Å². The van der Waals surface area contributed by atoms with Crippen molar-refractivity contribution in [1.29, 1.82) is 0 Å². The topological polar surface area (TPSA) is 115 Å². The number of carboxylic acids is 1. The summed E-state index contributed by atoms with van der Waals surface area (Å²) in [4.78, 5) is 22.2. The first-order valence-electron chi connectivity index (χ1n) is 7.43. The molecule has 1 amide bonds. The number of carbonyl (C=O) groups is 2. The van der Waals surface area contributed by atoms with E-state index in [1.807, 2.05) is 0 Å². The molecule has 7 nitrogen and oxygen atoms in total. The van der Waals surface area contributed by atoms with Gasteiger partial charge in [-0.3, -0.25) is 4.79 Å². The molecule has 132 valence electrons. The molecule has 0 aliphatic rings. The molecule has 0 radical (unpaired) electrons. The zero-order valence-corrected chi connectivity index (χ0v) is 14.2. The van der Waals surface area contributed by atoms with Crippen molar-refractivity contribution in [3.63, 3.8) is 0 Å². The summed E-state index contributed by atoms with van der Waals surface area (Å²) in [5, 5.41) is 13.8. The molecule has 0 aliphatic heterocycles. The van der Waals surface area contributed by atoms with E-state index >= 15 is 0 Å². The number of carboxylic acid groups (broad SMARTS) is 1. The first kappa shape index (κ1) is 18.6. The van der Waals surface area contributed by atoms with E-state index in [-0.39, 0.29) is 17.2 Å². The average molecular weight is 361 g/mol. The highest BCUT2D eigenvalue weighted by Gasteiger charge is 2.21. The molecule has 1 unspecified atom stereocenters. The summed E-state index contributed by atoms with van der Waals surface area (Å²) in [6.07, 6.45) is -0.0353. The number of anilines is 1. The number of sulfonamides is 1. The second-order valence-corrected chi connectivity index (χ2v) is 7.10. The molecule has 0 aromatic heterocycles. The normalized spacial score (nSPS) is 12.4. The number of hydrogen-bond donors (Lipinski definition) is 2. The Hall–Kier alpha value is -2.71. The fourth-order valence-corrected chi connectivity index (χ4v) is 3.38. The quantitative estimate of drug-likeness (QED) is 0.735. The van der Waals surface area contributed by atoms with Gasteiger partial charge in [0.25, 0.3) is 0 Å². The van der Waals surface area contributed by atoms with Crippen LogP contribution < -0.4 is 15.1 Å². The molecule has 2 aromatic rings. The molecule has 2 aromatic carbocycles. The molecule has 0 spiro atoms. The lowest BCUT2D eigenvalue weighted by atomic mass is 10.1. The summed E-state index contributed by atoms with van der Waals surface area (Å²) >= 11 is 0. The Bertz CT molecular complexity index is 848. The SMILES string of the molecule is CC(=O)Nc1ccc(S(=O)(=O)NC(Cc2ccccc2)C(=O)[O-])cc1. The third-order valence-electron chi connectivity index (χ3n) is 3.35. The summed E-state index contributed by atoms with van der Waals surface area (Å²) in [5.74, 6) is -1.80. The second kappa shape index (κ2) is 7.91. The smallest absolute Gasteiger partial charge is 0.241 e. The highest BCUT2D eigenvalue weighted by atomic mass is 32.2. The number of benzene rings is 2. The molecular formula is C17H17N2O5S-. The third kappa shape index (κ3) is 5.40. The lowest BCUT2D eigenvalue weighted by Crippen LogP contribution is -2.49. The van der Waals surface area contributed by atoms with Crippen LogP contribution in [0.15, 0.2) is 59.5 Å². The van der Waals surface area contributed by atoms with Crippen molar-refractivity contribution >= 4 is 27.6 Å². The van der Waals surface area contributed by atoms with Crippen LogP contribution in [0, 0.1) is 0 Å². The summed E-state index contributed by atoms with van der Waals surface area (Å²) in [7, 11) is -4.05. The van der Waals surface area contributed by atoms with Gasteiger partial charge in [0.1, 0.15) is 0 Å². The Balaban J connectivity index is 2.16. The third-order valence-corrected chi connectivity index (χ3v) is 4.84. The molecule has 2 rings (SSSR count).